The summed E-state index contributed by atoms with van der Waals surface area (Å²) in [6, 6.07) is 0.305. The van der Waals surface area contributed by atoms with E-state index in [9.17, 15) is 4.79 Å². The zero-order valence-corrected chi connectivity index (χ0v) is 13.8. The first-order chi connectivity index (χ1) is 8.91. The van der Waals surface area contributed by atoms with E-state index in [2.05, 4.69) is 39.1 Å². The van der Waals surface area contributed by atoms with Gasteiger partial charge in [-0.2, -0.15) is 0 Å². The molecule has 0 saturated carbocycles. The maximum atomic E-state index is 11.7. The summed E-state index contributed by atoms with van der Waals surface area (Å²) < 4.78 is 0. The van der Waals surface area contributed by atoms with Gasteiger partial charge in [0.1, 0.15) is 5.78 Å². The van der Waals surface area contributed by atoms with Gasteiger partial charge in [-0.05, 0) is 45.6 Å². The van der Waals surface area contributed by atoms with Gasteiger partial charge < -0.3 is 5.32 Å². The van der Waals surface area contributed by atoms with Crippen LogP contribution in [0.2, 0.25) is 0 Å². The molecule has 0 spiro atoms. The van der Waals surface area contributed by atoms with Crippen molar-refractivity contribution in [3.63, 3.8) is 0 Å². The largest absolute Gasteiger partial charge is 0.305 e. The van der Waals surface area contributed by atoms with E-state index in [1.807, 2.05) is 13.8 Å². The van der Waals surface area contributed by atoms with Crippen molar-refractivity contribution >= 4 is 5.78 Å². The number of hydrogen-bond donors (Lipinski definition) is 1. The Kier molecular flexibility index (Phi) is 8.66. The standard InChI is InChI=1S/C15H25NO.C2H6/c1-10(2)16-15(13(5)17)9-14-11(3)7-6-8-12(14)4;1-2/h7,10,15-16H,6,8-9H2,1-5H3;1-2H3. The quantitative estimate of drug-likeness (QED) is 0.797. The molecule has 1 rings (SSSR count). The lowest BCUT2D eigenvalue weighted by molar-refractivity contribution is -0.119. The van der Waals surface area contributed by atoms with E-state index in [-0.39, 0.29) is 11.8 Å². The highest BCUT2D eigenvalue weighted by atomic mass is 16.1. The van der Waals surface area contributed by atoms with Crippen molar-refractivity contribution in [1.82, 2.24) is 5.32 Å². The minimum Gasteiger partial charge on any atom is -0.305 e. The van der Waals surface area contributed by atoms with Crippen LogP contribution in [0.5, 0.6) is 0 Å². The fourth-order valence-corrected chi connectivity index (χ4v) is 2.38. The summed E-state index contributed by atoms with van der Waals surface area (Å²) in [6.45, 7) is 14.2. The summed E-state index contributed by atoms with van der Waals surface area (Å²) in [5, 5.41) is 3.36. The van der Waals surface area contributed by atoms with Crippen molar-refractivity contribution in [2.75, 3.05) is 0 Å². The molecular formula is C17H31NO. The van der Waals surface area contributed by atoms with Crippen LogP contribution < -0.4 is 5.32 Å². The van der Waals surface area contributed by atoms with Gasteiger partial charge in [-0.3, -0.25) is 4.79 Å². The van der Waals surface area contributed by atoms with Crippen molar-refractivity contribution in [3.05, 3.63) is 22.8 Å². The lowest BCUT2D eigenvalue weighted by Crippen LogP contribution is -2.40. The molecule has 1 atom stereocenters. The smallest absolute Gasteiger partial charge is 0.147 e. The van der Waals surface area contributed by atoms with Gasteiger partial charge in [0.2, 0.25) is 0 Å². The third kappa shape index (κ3) is 6.20. The molecule has 19 heavy (non-hydrogen) atoms. The van der Waals surface area contributed by atoms with Gasteiger partial charge in [-0.1, -0.05) is 44.9 Å². The minimum atomic E-state index is -0.0404. The predicted molar refractivity (Wildman–Crippen MR) is 84.4 cm³/mol. The molecule has 0 fully saturated rings. The normalized spacial score (nSPS) is 16.7. The summed E-state index contributed by atoms with van der Waals surface area (Å²) in [5.41, 5.74) is 4.18. The van der Waals surface area contributed by atoms with Crippen LogP contribution in [-0.4, -0.2) is 17.9 Å². The maximum absolute atomic E-state index is 11.7. The number of carbonyl (C=O) groups is 1. The Morgan fingerprint density at radius 3 is 2.32 bits per heavy atom. The molecule has 1 N–H and O–H groups in total. The predicted octanol–water partition coefficient (Wildman–Crippen LogP) is 4.41. The van der Waals surface area contributed by atoms with E-state index in [1.54, 1.807) is 6.92 Å². The molecule has 0 aromatic heterocycles. The highest BCUT2D eigenvalue weighted by Gasteiger charge is 2.20. The first kappa shape index (κ1) is 18.1. The van der Waals surface area contributed by atoms with Crippen LogP contribution in [0.1, 0.15) is 67.7 Å². The number of allylic oxidation sites excluding steroid dienone is 3. The summed E-state index contributed by atoms with van der Waals surface area (Å²) in [4.78, 5) is 11.7. The SMILES string of the molecule is CC.CC(=O)C(CC1=C(C)CCC=C1C)NC(C)C. The molecule has 110 valence electrons. The maximum Gasteiger partial charge on any atom is 0.147 e. The van der Waals surface area contributed by atoms with Crippen LogP contribution >= 0.6 is 0 Å². The summed E-state index contributed by atoms with van der Waals surface area (Å²) in [7, 11) is 0. The van der Waals surface area contributed by atoms with E-state index < -0.39 is 0 Å². The zero-order chi connectivity index (χ0) is 15.0. The average molecular weight is 265 g/mol. The number of hydrogen-bond acceptors (Lipinski definition) is 2. The van der Waals surface area contributed by atoms with Crippen molar-refractivity contribution in [2.24, 2.45) is 0 Å². The highest BCUT2D eigenvalue weighted by molar-refractivity contribution is 5.82. The lowest BCUT2D eigenvalue weighted by atomic mass is 9.87. The molecule has 0 aromatic carbocycles. The number of carbonyl (C=O) groups excluding carboxylic acids is 1. The second kappa shape index (κ2) is 9.08. The summed E-state index contributed by atoms with van der Waals surface area (Å²) in [5.74, 6) is 0.234. The van der Waals surface area contributed by atoms with Crippen LogP contribution in [0, 0.1) is 0 Å². The molecule has 1 aliphatic carbocycles. The van der Waals surface area contributed by atoms with Crippen molar-refractivity contribution < 1.29 is 4.79 Å². The molecule has 0 bridgehead atoms. The fraction of sp³-hybridized carbons (Fsp3) is 0.706. The van der Waals surface area contributed by atoms with Gasteiger partial charge in [0.25, 0.3) is 0 Å². The summed E-state index contributed by atoms with van der Waals surface area (Å²) >= 11 is 0. The van der Waals surface area contributed by atoms with Crippen LogP contribution in [0.15, 0.2) is 22.8 Å². The van der Waals surface area contributed by atoms with Gasteiger partial charge in [-0.15, -0.1) is 0 Å². The molecule has 0 heterocycles. The van der Waals surface area contributed by atoms with E-state index in [4.69, 9.17) is 0 Å². The van der Waals surface area contributed by atoms with Crippen LogP contribution in [0.25, 0.3) is 0 Å². The van der Waals surface area contributed by atoms with Gasteiger partial charge in [0.15, 0.2) is 0 Å². The third-order valence-electron chi connectivity index (χ3n) is 3.39. The Bertz CT molecular complexity index is 350. The van der Waals surface area contributed by atoms with Gasteiger partial charge >= 0.3 is 0 Å². The van der Waals surface area contributed by atoms with Crippen molar-refractivity contribution in [1.29, 1.82) is 0 Å². The number of Topliss-reactive ketones (excluding diaryl/α,β-unsaturated/α-hetero) is 1. The Hall–Kier alpha value is -0.890. The monoisotopic (exact) mass is 265 g/mol. The summed E-state index contributed by atoms with van der Waals surface area (Å²) in [6.07, 6.45) is 5.40. The molecule has 2 nitrogen and oxygen atoms in total. The van der Waals surface area contributed by atoms with Gasteiger partial charge in [0.05, 0.1) is 6.04 Å². The highest BCUT2D eigenvalue weighted by Crippen LogP contribution is 2.28. The minimum absolute atomic E-state index is 0.0404. The number of ketones is 1. The molecular weight excluding hydrogens is 234 g/mol. The molecule has 2 heteroatoms. The van der Waals surface area contributed by atoms with Crippen LogP contribution in [0.3, 0.4) is 0 Å². The molecule has 0 radical (unpaired) electrons. The Balaban J connectivity index is 0.00000154. The van der Waals surface area contributed by atoms with E-state index >= 15 is 0 Å². The van der Waals surface area contributed by atoms with Crippen LogP contribution in [-0.2, 0) is 4.79 Å². The topological polar surface area (TPSA) is 29.1 Å². The fourth-order valence-electron chi connectivity index (χ4n) is 2.38. The number of nitrogens with one attached hydrogen (secondary N) is 1. The van der Waals surface area contributed by atoms with Crippen molar-refractivity contribution in [2.45, 2.75) is 79.8 Å². The van der Waals surface area contributed by atoms with Crippen molar-refractivity contribution in [3.8, 4) is 0 Å². The second-order valence-corrected chi connectivity index (χ2v) is 5.37. The van der Waals surface area contributed by atoms with E-state index in [1.165, 1.54) is 16.7 Å². The second-order valence-electron chi connectivity index (χ2n) is 5.37. The first-order valence-corrected chi connectivity index (χ1v) is 7.54. The van der Waals surface area contributed by atoms with E-state index in [0.717, 1.165) is 19.3 Å². The Morgan fingerprint density at radius 1 is 1.32 bits per heavy atom. The van der Waals surface area contributed by atoms with E-state index in [0.29, 0.717) is 6.04 Å². The van der Waals surface area contributed by atoms with Gasteiger partial charge in [0, 0.05) is 6.04 Å². The number of rotatable bonds is 5. The molecule has 1 aliphatic rings. The lowest BCUT2D eigenvalue weighted by Gasteiger charge is -2.24. The van der Waals surface area contributed by atoms with Gasteiger partial charge in [-0.25, -0.2) is 0 Å². The molecule has 1 unspecified atom stereocenters. The average Bonchev–Trinajstić information content (AvgIpc) is 2.34. The molecule has 0 aliphatic heterocycles. The Morgan fingerprint density at radius 2 is 1.89 bits per heavy atom. The molecule has 0 amide bonds. The first-order valence-electron chi connectivity index (χ1n) is 7.54. The third-order valence-corrected chi connectivity index (χ3v) is 3.39. The zero-order valence-electron chi connectivity index (χ0n) is 13.8. The Labute approximate surface area is 119 Å². The molecule has 0 saturated heterocycles. The molecule has 0 aromatic rings. The van der Waals surface area contributed by atoms with Crippen LogP contribution in [0.4, 0.5) is 0 Å².